The van der Waals surface area contributed by atoms with Crippen LogP contribution in [0.25, 0.3) is 0 Å². The van der Waals surface area contributed by atoms with Gasteiger partial charge < -0.3 is 29.2 Å². The average Bonchev–Trinajstić information content (AvgIpc) is 2.35. The lowest BCUT2D eigenvalue weighted by molar-refractivity contribution is 0.0222. The molecule has 106 valence electrons. The topological polar surface area (TPSA) is 77.4 Å². The molecule has 6 nitrogen and oxygen atoms in total. The van der Waals surface area contributed by atoms with Gasteiger partial charge in [0.05, 0.1) is 52.4 Å². The van der Waals surface area contributed by atoms with E-state index in [0.717, 1.165) is 0 Å². The second kappa shape index (κ2) is 18.1. The molecule has 0 aliphatic heterocycles. The van der Waals surface area contributed by atoms with Crippen LogP contribution in [0.1, 0.15) is 6.92 Å². The normalized spacial score (nSPS) is 11.8. The fraction of sp³-hybridized carbons (Fsp3) is 1.00. The molecule has 0 saturated carbocycles. The van der Waals surface area contributed by atoms with Crippen molar-refractivity contribution in [2.24, 2.45) is 0 Å². The maximum atomic E-state index is 8.26. The smallest absolute Gasteiger partial charge is 0.0776 e. The van der Waals surface area contributed by atoms with E-state index >= 15 is 0 Å². The largest absolute Gasteiger partial charge is 0.394 e. The van der Waals surface area contributed by atoms with E-state index in [9.17, 15) is 0 Å². The van der Waals surface area contributed by atoms with E-state index in [-0.39, 0.29) is 19.3 Å². The van der Waals surface area contributed by atoms with Gasteiger partial charge in [0.2, 0.25) is 0 Å². The van der Waals surface area contributed by atoms with Crippen LogP contribution < -0.4 is 0 Å². The van der Waals surface area contributed by atoms with Gasteiger partial charge >= 0.3 is 0 Å². The van der Waals surface area contributed by atoms with Crippen molar-refractivity contribution in [3.8, 4) is 0 Å². The first kappa shape index (κ1) is 19.1. The highest BCUT2D eigenvalue weighted by atomic mass is 16.5. The maximum absolute atomic E-state index is 8.26. The average molecular weight is 254 g/mol. The molecule has 6 heteroatoms. The van der Waals surface area contributed by atoms with E-state index in [1.807, 2.05) is 6.92 Å². The summed E-state index contributed by atoms with van der Waals surface area (Å²) in [6.07, 6.45) is 0.227. The lowest BCUT2D eigenvalue weighted by Gasteiger charge is -2.05. The molecular formula is C11H26O6. The summed E-state index contributed by atoms with van der Waals surface area (Å²) in [7, 11) is 3.33. The van der Waals surface area contributed by atoms with Gasteiger partial charge in [-0.2, -0.15) is 0 Å². The van der Waals surface area contributed by atoms with Crippen LogP contribution >= 0.6 is 0 Å². The fourth-order valence-electron chi connectivity index (χ4n) is 0.754. The van der Waals surface area contributed by atoms with Crippen molar-refractivity contribution < 1.29 is 29.2 Å². The number of aliphatic hydroxyl groups excluding tert-OH is 2. The first-order valence-electron chi connectivity index (χ1n) is 5.61. The van der Waals surface area contributed by atoms with Gasteiger partial charge in [-0.3, -0.25) is 0 Å². The zero-order valence-electron chi connectivity index (χ0n) is 11.1. The van der Waals surface area contributed by atoms with Crippen molar-refractivity contribution in [1.29, 1.82) is 0 Å². The number of hydrogen-bond acceptors (Lipinski definition) is 6. The van der Waals surface area contributed by atoms with E-state index in [2.05, 4.69) is 0 Å². The molecule has 2 N–H and O–H groups in total. The van der Waals surface area contributed by atoms with Crippen LogP contribution in [0.4, 0.5) is 0 Å². The standard InChI is InChI=1S/C6H14O4.C5H12O2/c7-1-3-9-5-6-10-4-2-8;1-5(7-3)4-6-2/h7-8H,1-6H2;5H,4H2,1-3H3. The molecular weight excluding hydrogens is 228 g/mol. The highest BCUT2D eigenvalue weighted by Crippen LogP contribution is 1.84. The summed E-state index contributed by atoms with van der Waals surface area (Å²) < 4.78 is 19.4. The zero-order chi connectivity index (χ0) is 13.4. The zero-order valence-corrected chi connectivity index (χ0v) is 11.1. The molecule has 0 aromatic rings. The maximum Gasteiger partial charge on any atom is 0.0776 e. The van der Waals surface area contributed by atoms with E-state index in [1.54, 1.807) is 14.2 Å². The van der Waals surface area contributed by atoms with Crippen LogP contribution in [0.15, 0.2) is 0 Å². The lowest BCUT2D eigenvalue weighted by Crippen LogP contribution is -2.11. The summed E-state index contributed by atoms with van der Waals surface area (Å²) in [5.74, 6) is 0. The first-order chi connectivity index (χ1) is 8.22. The molecule has 0 amide bonds. The van der Waals surface area contributed by atoms with Crippen LogP contribution in [0.2, 0.25) is 0 Å². The third-order valence-corrected chi connectivity index (χ3v) is 1.65. The monoisotopic (exact) mass is 254 g/mol. The second-order valence-corrected chi connectivity index (χ2v) is 3.17. The third kappa shape index (κ3) is 21.6. The molecule has 0 aliphatic carbocycles. The summed E-state index contributed by atoms with van der Waals surface area (Å²) in [5, 5.41) is 16.5. The highest BCUT2D eigenvalue weighted by Gasteiger charge is 1.93. The van der Waals surface area contributed by atoms with Crippen molar-refractivity contribution in [2.75, 3.05) is 60.5 Å². The molecule has 0 heterocycles. The van der Waals surface area contributed by atoms with Gasteiger partial charge in [-0.25, -0.2) is 0 Å². The molecule has 0 spiro atoms. The minimum absolute atomic E-state index is 0.0417. The van der Waals surface area contributed by atoms with E-state index in [1.165, 1.54) is 0 Å². The molecule has 0 radical (unpaired) electrons. The van der Waals surface area contributed by atoms with E-state index in [0.29, 0.717) is 33.0 Å². The van der Waals surface area contributed by atoms with E-state index < -0.39 is 0 Å². The summed E-state index contributed by atoms with van der Waals surface area (Å²) in [6.45, 7) is 4.37. The SMILES string of the molecule is COCC(C)OC.OCCOCCOCCO. The predicted molar refractivity (Wildman–Crippen MR) is 64.2 cm³/mol. The molecule has 0 aliphatic rings. The van der Waals surface area contributed by atoms with Crippen molar-refractivity contribution >= 4 is 0 Å². The Labute approximate surface area is 103 Å². The van der Waals surface area contributed by atoms with Crippen molar-refractivity contribution in [3.63, 3.8) is 0 Å². The molecule has 0 aromatic heterocycles. The van der Waals surface area contributed by atoms with Crippen molar-refractivity contribution in [1.82, 2.24) is 0 Å². The number of aliphatic hydroxyl groups is 2. The summed E-state index contributed by atoms with van der Waals surface area (Å²) in [4.78, 5) is 0. The Kier molecular flexibility index (Phi) is 20.4. The van der Waals surface area contributed by atoms with Crippen LogP contribution in [0, 0.1) is 0 Å². The van der Waals surface area contributed by atoms with Crippen LogP contribution in [-0.4, -0.2) is 76.8 Å². The predicted octanol–water partition coefficient (Wildman–Crippen LogP) is -0.328. The Morgan fingerprint density at radius 1 is 0.882 bits per heavy atom. The van der Waals surface area contributed by atoms with Crippen LogP contribution in [0.5, 0.6) is 0 Å². The summed E-state index contributed by atoms with van der Waals surface area (Å²) in [6, 6.07) is 0. The molecule has 0 bridgehead atoms. The molecule has 0 fully saturated rings. The minimum atomic E-state index is 0.0417. The number of ether oxygens (including phenoxy) is 4. The fourth-order valence-corrected chi connectivity index (χ4v) is 0.754. The quantitative estimate of drug-likeness (QED) is 0.520. The third-order valence-electron chi connectivity index (χ3n) is 1.65. The molecule has 1 atom stereocenters. The van der Waals surface area contributed by atoms with Crippen molar-refractivity contribution in [2.45, 2.75) is 13.0 Å². The number of rotatable bonds is 10. The van der Waals surface area contributed by atoms with Gasteiger partial charge in [-0.1, -0.05) is 0 Å². The van der Waals surface area contributed by atoms with Gasteiger partial charge in [-0.05, 0) is 6.92 Å². The van der Waals surface area contributed by atoms with E-state index in [4.69, 9.17) is 29.2 Å². The molecule has 17 heavy (non-hydrogen) atoms. The summed E-state index contributed by atoms with van der Waals surface area (Å²) in [5.41, 5.74) is 0. The van der Waals surface area contributed by atoms with Gasteiger partial charge in [-0.15, -0.1) is 0 Å². The molecule has 0 aromatic carbocycles. The van der Waals surface area contributed by atoms with Crippen LogP contribution in [0.3, 0.4) is 0 Å². The van der Waals surface area contributed by atoms with Crippen LogP contribution in [-0.2, 0) is 18.9 Å². The Morgan fingerprint density at radius 2 is 1.35 bits per heavy atom. The highest BCUT2D eigenvalue weighted by molar-refractivity contribution is 4.41. The lowest BCUT2D eigenvalue weighted by atomic mass is 10.4. The second-order valence-electron chi connectivity index (χ2n) is 3.17. The number of methoxy groups -OCH3 is 2. The van der Waals surface area contributed by atoms with Gasteiger partial charge in [0, 0.05) is 14.2 Å². The first-order valence-corrected chi connectivity index (χ1v) is 5.61. The van der Waals surface area contributed by atoms with Gasteiger partial charge in [0.25, 0.3) is 0 Å². The molecule has 1 unspecified atom stereocenters. The summed E-state index contributed by atoms with van der Waals surface area (Å²) >= 11 is 0. The van der Waals surface area contributed by atoms with Gasteiger partial charge in [0.15, 0.2) is 0 Å². The molecule has 0 saturated heterocycles. The van der Waals surface area contributed by atoms with Gasteiger partial charge in [0.1, 0.15) is 0 Å². The Hall–Kier alpha value is -0.240. The minimum Gasteiger partial charge on any atom is -0.394 e. The Balaban J connectivity index is 0. The van der Waals surface area contributed by atoms with Crippen molar-refractivity contribution in [3.05, 3.63) is 0 Å². The number of hydrogen-bond donors (Lipinski definition) is 2. The Bertz CT molecular complexity index is 115. The Morgan fingerprint density at radius 3 is 1.59 bits per heavy atom. The molecule has 0 rings (SSSR count).